The van der Waals surface area contributed by atoms with Crippen molar-refractivity contribution in [2.45, 2.75) is 18.4 Å². The van der Waals surface area contributed by atoms with E-state index in [1.807, 2.05) is 42.5 Å². The van der Waals surface area contributed by atoms with Gasteiger partial charge in [0, 0.05) is 12.1 Å². The maximum absolute atomic E-state index is 12.4. The van der Waals surface area contributed by atoms with Crippen molar-refractivity contribution in [1.29, 1.82) is 5.26 Å². The number of hydrogen-bond acceptors (Lipinski definition) is 3. The topological polar surface area (TPSA) is 53.3 Å². The van der Waals surface area contributed by atoms with Crippen LogP contribution in [0, 0.1) is 11.3 Å². The zero-order valence-electron chi connectivity index (χ0n) is 12.3. The maximum Gasteiger partial charge on any atom is 0.228 e. The van der Waals surface area contributed by atoms with E-state index < -0.39 is 5.54 Å². The Morgan fingerprint density at radius 1 is 1.14 bits per heavy atom. The van der Waals surface area contributed by atoms with E-state index in [4.69, 9.17) is 4.74 Å². The highest BCUT2D eigenvalue weighted by Gasteiger charge is 2.48. The lowest BCUT2D eigenvalue weighted by atomic mass is 9.88. The molecule has 1 atom stereocenters. The van der Waals surface area contributed by atoms with Gasteiger partial charge >= 0.3 is 0 Å². The number of amides is 1. The molecule has 22 heavy (non-hydrogen) atoms. The molecule has 2 aromatic carbocycles. The maximum atomic E-state index is 12.4. The van der Waals surface area contributed by atoms with Crippen LogP contribution in [0.25, 0.3) is 0 Å². The van der Waals surface area contributed by atoms with Gasteiger partial charge in [0.1, 0.15) is 5.75 Å². The Morgan fingerprint density at radius 3 is 2.41 bits per heavy atom. The van der Waals surface area contributed by atoms with Crippen LogP contribution in [0.4, 0.5) is 5.69 Å². The van der Waals surface area contributed by atoms with Crippen LogP contribution in [0.5, 0.6) is 5.75 Å². The van der Waals surface area contributed by atoms with Gasteiger partial charge in [-0.05, 0) is 36.2 Å². The third kappa shape index (κ3) is 2.11. The number of carbonyl (C=O) groups excluding carboxylic acids is 1. The molecule has 2 aromatic rings. The molecule has 1 saturated heterocycles. The molecule has 0 bridgehead atoms. The van der Waals surface area contributed by atoms with Crippen LogP contribution in [-0.2, 0) is 10.3 Å². The average Bonchev–Trinajstić information content (AvgIpc) is 2.93. The number of nitriles is 1. The van der Waals surface area contributed by atoms with Crippen molar-refractivity contribution in [2.75, 3.05) is 12.0 Å². The SMILES string of the molecule is COc1ccc(N2C(=O)CCC2(C#N)c2ccccc2)cc1. The van der Waals surface area contributed by atoms with Crippen molar-refractivity contribution >= 4 is 11.6 Å². The minimum atomic E-state index is -0.938. The Balaban J connectivity index is 2.10. The van der Waals surface area contributed by atoms with Crippen molar-refractivity contribution in [3.05, 3.63) is 60.2 Å². The van der Waals surface area contributed by atoms with Gasteiger partial charge in [0.15, 0.2) is 5.54 Å². The molecule has 1 unspecified atom stereocenters. The normalized spacial score (nSPS) is 20.7. The van der Waals surface area contributed by atoms with Gasteiger partial charge < -0.3 is 4.74 Å². The van der Waals surface area contributed by atoms with Crippen molar-refractivity contribution < 1.29 is 9.53 Å². The number of hydrogen-bond donors (Lipinski definition) is 0. The summed E-state index contributed by atoms with van der Waals surface area (Å²) in [5, 5.41) is 9.85. The van der Waals surface area contributed by atoms with Crippen LogP contribution in [-0.4, -0.2) is 13.0 Å². The summed E-state index contributed by atoms with van der Waals surface area (Å²) in [4.78, 5) is 14.0. The van der Waals surface area contributed by atoms with Crippen LogP contribution in [0.15, 0.2) is 54.6 Å². The Kier molecular flexibility index (Phi) is 3.56. The summed E-state index contributed by atoms with van der Waals surface area (Å²) >= 11 is 0. The van der Waals surface area contributed by atoms with Crippen LogP contribution in [0.3, 0.4) is 0 Å². The third-order valence-corrected chi connectivity index (χ3v) is 4.10. The second-order valence-electron chi connectivity index (χ2n) is 5.27. The molecule has 1 amide bonds. The van der Waals surface area contributed by atoms with Crippen LogP contribution < -0.4 is 9.64 Å². The molecule has 3 rings (SSSR count). The summed E-state index contributed by atoms with van der Waals surface area (Å²) in [6.07, 6.45) is 0.868. The summed E-state index contributed by atoms with van der Waals surface area (Å²) in [5.41, 5.74) is 0.625. The molecule has 0 aromatic heterocycles. The van der Waals surface area contributed by atoms with E-state index in [0.717, 1.165) is 11.3 Å². The van der Waals surface area contributed by atoms with Gasteiger partial charge in [-0.3, -0.25) is 9.69 Å². The van der Waals surface area contributed by atoms with Crippen molar-refractivity contribution in [1.82, 2.24) is 0 Å². The van der Waals surface area contributed by atoms with E-state index in [9.17, 15) is 10.1 Å². The summed E-state index contributed by atoms with van der Waals surface area (Å²) in [6, 6.07) is 19.1. The molecule has 0 aliphatic carbocycles. The Bertz CT molecular complexity index is 719. The predicted molar refractivity (Wildman–Crippen MR) is 83.4 cm³/mol. The highest BCUT2D eigenvalue weighted by molar-refractivity contribution is 5.98. The highest BCUT2D eigenvalue weighted by atomic mass is 16.5. The standard InChI is InChI=1S/C18H16N2O2/c1-22-16-9-7-15(8-10-16)20-17(21)11-12-18(20,13-19)14-5-3-2-4-6-14/h2-10H,11-12H2,1H3. The number of anilines is 1. The monoisotopic (exact) mass is 292 g/mol. The van der Waals surface area contributed by atoms with Gasteiger partial charge in [-0.15, -0.1) is 0 Å². The molecule has 1 heterocycles. The largest absolute Gasteiger partial charge is 0.497 e. The molecule has 0 saturated carbocycles. The molecule has 0 spiro atoms. The Labute approximate surface area is 129 Å². The van der Waals surface area contributed by atoms with E-state index in [2.05, 4.69) is 6.07 Å². The molecule has 1 aliphatic rings. The summed E-state index contributed by atoms with van der Waals surface area (Å²) in [6.45, 7) is 0. The quantitative estimate of drug-likeness (QED) is 0.872. The molecule has 4 heteroatoms. The first-order valence-electron chi connectivity index (χ1n) is 7.15. The smallest absolute Gasteiger partial charge is 0.228 e. The summed E-state index contributed by atoms with van der Waals surface area (Å²) in [7, 11) is 1.60. The minimum absolute atomic E-state index is 0.0319. The molecule has 0 radical (unpaired) electrons. The van der Waals surface area contributed by atoms with Gasteiger partial charge in [0.25, 0.3) is 0 Å². The lowest BCUT2D eigenvalue weighted by Crippen LogP contribution is -2.42. The average molecular weight is 292 g/mol. The first kappa shape index (κ1) is 14.2. The lowest BCUT2D eigenvalue weighted by Gasteiger charge is -2.33. The number of benzene rings is 2. The Morgan fingerprint density at radius 2 is 1.82 bits per heavy atom. The number of carbonyl (C=O) groups is 1. The fraction of sp³-hybridized carbons (Fsp3) is 0.222. The van der Waals surface area contributed by atoms with Gasteiger partial charge in [0.05, 0.1) is 13.2 Å². The van der Waals surface area contributed by atoms with E-state index in [1.54, 1.807) is 24.1 Å². The van der Waals surface area contributed by atoms with Crippen molar-refractivity contribution in [3.63, 3.8) is 0 Å². The number of ether oxygens (including phenoxy) is 1. The summed E-state index contributed by atoms with van der Waals surface area (Å²) < 4.78 is 5.15. The van der Waals surface area contributed by atoms with Gasteiger partial charge in [-0.25, -0.2) is 0 Å². The number of methoxy groups -OCH3 is 1. The van der Waals surface area contributed by atoms with E-state index in [0.29, 0.717) is 18.5 Å². The zero-order chi connectivity index (χ0) is 15.6. The van der Waals surface area contributed by atoms with Gasteiger partial charge in [-0.1, -0.05) is 30.3 Å². The van der Waals surface area contributed by atoms with E-state index in [-0.39, 0.29) is 5.91 Å². The van der Waals surface area contributed by atoms with Gasteiger partial charge in [0.2, 0.25) is 5.91 Å². The van der Waals surface area contributed by atoms with Crippen molar-refractivity contribution in [3.8, 4) is 11.8 Å². The predicted octanol–water partition coefficient (Wildman–Crippen LogP) is 3.24. The highest BCUT2D eigenvalue weighted by Crippen LogP contribution is 2.42. The zero-order valence-corrected chi connectivity index (χ0v) is 12.3. The fourth-order valence-electron chi connectivity index (χ4n) is 2.98. The second-order valence-corrected chi connectivity index (χ2v) is 5.27. The van der Waals surface area contributed by atoms with E-state index in [1.165, 1.54) is 0 Å². The molecule has 0 N–H and O–H groups in total. The molecule has 1 aliphatic heterocycles. The first-order chi connectivity index (χ1) is 10.7. The van der Waals surface area contributed by atoms with Crippen LogP contribution >= 0.6 is 0 Å². The molecular formula is C18H16N2O2. The van der Waals surface area contributed by atoms with Crippen LogP contribution in [0.1, 0.15) is 18.4 Å². The molecule has 4 nitrogen and oxygen atoms in total. The van der Waals surface area contributed by atoms with Crippen molar-refractivity contribution in [2.24, 2.45) is 0 Å². The minimum Gasteiger partial charge on any atom is -0.497 e. The van der Waals surface area contributed by atoms with E-state index >= 15 is 0 Å². The fourth-order valence-corrected chi connectivity index (χ4v) is 2.98. The molecular weight excluding hydrogens is 276 g/mol. The summed E-state index contributed by atoms with van der Waals surface area (Å²) in [5.74, 6) is 0.688. The third-order valence-electron chi connectivity index (χ3n) is 4.10. The molecule has 1 fully saturated rings. The number of rotatable bonds is 3. The Hall–Kier alpha value is -2.80. The van der Waals surface area contributed by atoms with Gasteiger partial charge in [-0.2, -0.15) is 5.26 Å². The molecule has 110 valence electrons. The first-order valence-corrected chi connectivity index (χ1v) is 7.15. The second kappa shape index (κ2) is 5.53. The lowest BCUT2D eigenvalue weighted by molar-refractivity contribution is -0.117. The van der Waals surface area contributed by atoms with Crippen LogP contribution in [0.2, 0.25) is 0 Å². The number of nitrogens with zero attached hydrogens (tertiary/aromatic N) is 2.